The van der Waals surface area contributed by atoms with Gasteiger partial charge in [-0.2, -0.15) is 0 Å². The molecule has 0 spiro atoms. The highest BCUT2D eigenvalue weighted by molar-refractivity contribution is 7.98. The van der Waals surface area contributed by atoms with Crippen LogP contribution < -0.4 is 0 Å². The molecule has 0 aliphatic carbocycles. The first-order valence-electron chi connectivity index (χ1n) is 4.03. The number of rotatable bonds is 3. The fraction of sp³-hybridized carbons (Fsp3) is 0.300. The topological polar surface area (TPSA) is 12.4 Å². The molecular weight excluding hydrogens is 166 g/mol. The summed E-state index contributed by atoms with van der Waals surface area (Å²) >= 11 is 1.60. The molecule has 1 aromatic carbocycles. The Bertz CT molecular complexity index is 241. The van der Waals surface area contributed by atoms with Gasteiger partial charge in [0.05, 0.1) is 0 Å². The van der Waals surface area contributed by atoms with Crippen molar-refractivity contribution in [1.29, 1.82) is 0 Å². The van der Waals surface area contributed by atoms with Crippen molar-refractivity contribution in [2.24, 2.45) is 4.40 Å². The minimum atomic E-state index is 0.560. The first-order chi connectivity index (χ1) is 5.79. The number of nitrogens with zero attached hydrogens (tertiary/aromatic N) is 1. The van der Waals surface area contributed by atoms with Crippen molar-refractivity contribution in [3.63, 3.8) is 0 Å². The smallest absolute Gasteiger partial charge is 0.0423 e. The summed E-state index contributed by atoms with van der Waals surface area (Å²) < 4.78 is 4.23. The highest BCUT2D eigenvalue weighted by Crippen LogP contribution is 2.09. The summed E-state index contributed by atoms with van der Waals surface area (Å²) in [5, 5.41) is 0.560. The first-order valence-corrected chi connectivity index (χ1v) is 4.87. The van der Waals surface area contributed by atoms with Crippen LogP contribution in [0.5, 0.6) is 0 Å². The van der Waals surface area contributed by atoms with Crippen LogP contribution in [0.25, 0.3) is 0 Å². The number of hydrogen-bond donors (Lipinski definition) is 0. The van der Waals surface area contributed by atoms with Crippen LogP contribution in [0.1, 0.15) is 19.4 Å². The Labute approximate surface area is 78.0 Å². The minimum absolute atomic E-state index is 0.560. The van der Waals surface area contributed by atoms with E-state index in [0.717, 1.165) is 5.56 Å². The summed E-state index contributed by atoms with van der Waals surface area (Å²) in [7, 11) is 0. The van der Waals surface area contributed by atoms with Crippen LogP contribution >= 0.6 is 11.9 Å². The summed E-state index contributed by atoms with van der Waals surface area (Å²) in [6.07, 6.45) is 1.89. The largest absolute Gasteiger partial charge is 0.224 e. The molecule has 0 atom stereocenters. The molecule has 0 saturated carbocycles. The third-order valence-corrected chi connectivity index (χ3v) is 1.92. The standard InChI is InChI=1S/C10H13NS/c1-9(2)12-11-8-10-6-4-3-5-7-10/h3-9H,1-2H3/b11-8+. The molecular formula is C10H13NS. The van der Waals surface area contributed by atoms with E-state index in [9.17, 15) is 0 Å². The molecule has 0 unspecified atom stereocenters. The molecule has 1 aromatic rings. The molecule has 0 saturated heterocycles. The molecule has 0 aromatic heterocycles. The van der Waals surface area contributed by atoms with E-state index in [1.165, 1.54) is 0 Å². The molecule has 0 radical (unpaired) electrons. The van der Waals surface area contributed by atoms with E-state index < -0.39 is 0 Å². The monoisotopic (exact) mass is 179 g/mol. The van der Waals surface area contributed by atoms with Crippen molar-refractivity contribution >= 4 is 18.2 Å². The Morgan fingerprint density at radius 1 is 1.25 bits per heavy atom. The molecule has 12 heavy (non-hydrogen) atoms. The molecule has 2 heteroatoms. The van der Waals surface area contributed by atoms with E-state index in [2.05, 4.69) is 18.2 Å². The Kier molecular flexibility index (Phi) is 3.88. The van der Waals surface area contributed by atoms with Crippen LogP contribution in [0.2, 0.25) is 0 Å². The van der Waals surface area contributed by atoms with Gasteiger partial charge in [-0.3, -0.25) is 0 Å². The fourth-order valence-corrected chi connectivity index (χ4v) is 1.18. The average molecular weight is 179 g/mol. The van der Waals surface area contributed by atoms with Crippen molar-refractivity contribution in [2.75, 3.05) is 0 Å². The minimum Gasteiger partial charge on any atom is -0.224 e. The van der Waals surface area contributed by atoms with Gasteiger partial charge in [-0.1, -0.05) is 44.2 Å². The summed E-state index contributed by atoms with van der Waals surface area (Å²) in [5.41, 5.74) is 1.16. The second-order valence-corrected chi connectivity index (χ2v) is 4.16. The zero-order chi connectivity index (χ0) is 8.81. The van der Waals surface area contributed by atoms with Crippen LogP contribution in [-0.2, 0) is 0 Å². The van der Waals surface area contributed by atoms with E-state index in [0.29, 0.717) is 5.25 Å². The lowest BCUT2D eigenvalue weighted by atomic mass is 10.2. The maximum Gasteiger partial charge on any atom is 0.0423 e. The molecule has 1 rings (SSSR count). The maximum atomic E-state index is 4.23. The zero-order valence-electron chi connectivity index (χ0n) is 7.40. The Hall–Kier alpha value is -0.760. The lowest BCUT2D eigenvalue weighted by molar-refractivity contribution is 1.11. The third-order valence-electron chi connectivity index (χ3n) is 1.27. The van der Waals surface area contributed by atoms with Gasteiger partial charge in [-0.25, -0.2) is 4.40 Å². The van der Waals surface area contributed by atoms with Gasteiger partial charge >= 0.3 is 0 Å². The van der Waals surface area contributed by atoms with E-state index in [-0.39, 0.29) is 0 Å². The van der Waals surface area contributed by atoms with Crippen molar-refractivity contribution in [3.05, 3.63) is 35.9 Å². The zero-order valence-corrected chi connectivity index (χ0v) is 8.21. The normalized spacial score (nSPS) is 11.2. The quantitative estimate of drug-likeness (QED) is 0.513. The Morgan fingerprint density at radius 3 is 2.50 bits per heavy atom. The predicted octanol–water partition coefficient (Wildman–Crippen LogP) is 3.16. The molecule has 0 N–H and O–H groups in total. The highest BCUT2D eigenvalue weighted by Gasteiger charge is 1.89. The van der Waals surface area contributed by atoms with Gasteiger partial charge in [0, 0.05) is 11.5 Å². The van der Waals surface area contributed by atoms with Crippen LogP contribution in [0.4, 0.5) is 0 Å². The lowest BCUT2D eigenvalue weighted by Gasteiger charge is -1.95. The summed E-state index contributed by atoms with van der Waals surface area (Å²) in [5.74, 6) is 0. The molecule has 1 nitrogen and oxygen atoms in total. The van der Waals surface area contributed by atoms with Crippen LogP contribution in [0.3, 0.4) is 0 Å². The van der Waals surface area contributed by atoms with Gasteiger partial charge in [-0.15, -0.1) is 0 Å². The average Bonchev–Trinajstić information content (AvgIpc) is 2.05. The van der Waals surface area contributed by atoms with Crippen molar-refractivity contribution in [3.8, 4) is 0 Å². The SMILES string of the molecule is CC(C)S/N=C/c1ccccc1. The molecule has 0 aliphatic heterocycles. The molecule has 0 bridgehead atoms. The maximum absolute atomic E-state index is 4.23. The number of benzene rings is 1. The third kappa shape index (κ3) is 3.58. The molecule has 0 heterocycles. The van der Waals surface area contributed by atoms with Crippen LogP contribution in [0, 0.1) is 0 Å². The van der Waals surface area contributed by atoms with Gasteiger partial charge in [0.15, 0.2) is 0 Å². The first kappa shape index (κ1) is 9.33. The van der Waals surface area contributed by atoms with Gasteiger partial charge in [0.2, 0.25) is 0 Å². The molecule has 64 valence electrons. The number of hydrogen-bond acceptors (Lipinski definition) is 2. The van der Waals surface area contributed by atoms with Crippen molar-refractivity contribution < 1.29 is 0 Å². The van der Waals surface area contributed by atoms with E-state index in [4.69, 9.17) is 0 Å². The molecule has 0 amide bonds. The van der Waals surface area contributed by atoms with E-state index in [1.807, 2.05) is 36.5 Å². The van der Waals surface area contributed by atoms with E-state index in [1.54, 1.807) is 11.9 Å². The summed E-state index contributed by atoms with van der Waals surface area (Å²) in [6.45, 7) is 4.26. The summed E-state index contributed by atoms with van der Waals surface area (Å²) in [6, 6.07) is 10.1. The lowest BCUT2D eigenvalue weighted by Crippen LogP contribution is -1.83. The van der Waals surface area contributed by atoms with Crippen molar-refractivity contribution in [2.45, 2.75) is 19.1 Å². The van der Waals surface area contributed by atoms with Gasteiger partial charge in [0.1, 0.15) is 0 Å². The van der Waals surface area contributed by atoms with Crippen molar-refractivity contribution in [1.82, 2.24) is 0 Å². The molecule has 0 fully saturated rings. The highest BCUT2D eigenvalue weighted by atomic mass is 32.2. The van der Waals surface area contributed by atoms with Gasteiger partial charge in [0.25, 0.3) is 0 Å². The fourth-order valence-electron chi connectivity index (χ4n) is 0.752. The second-order valence-electron chi connectivity index (χ2n) is 2.80. The van der Waals surface area contributed by atoms with E-state index >= 15 is 0 Å². The van der Waals surface area contributed by atoms with Crippen LogP contribution in [0.15, 0.2) is 34.7 Å². The molecule has 0 aliphatic rings. The van der Waals surface area contributed by atoms with Gasteiger partial charge in [-0.05, 0) is 17.5 Å². The Morgan fingerprint density at radius 2 is 1.92 bits per heavy atom. The summed E-state index contributed by atoms with van der Waals surface area (Å²) in [4.78, 5) is 0. The second kappa shape index (κ2) is 4.99. The van der Waals surface area contributed by atoms with Crippen LogP contribution in [-0.4, -0.2) is 11.5 Å². The predicted molar refractivity (Wildman–Crippen MR) is 56.8 cm³/mol. The van der Waals surface area contributed by atoms with Gasteiger partial charge < -0.3 is 0 Å². The Balaban J connectivity index is 2.47.